The molecule has 0 spiro atoms. The van der Waals surface area contributed by atoms with E-state index in [-0.39, 0.29) is 18.9 Å². The second-order valence-electron chi connectivity index (χ2n) is 6.04. The summed E-state index contributed by atoms with van der Waals surface area (Å²) >= 11 is 0. The lowest BCUT2D eigenvalue weighted by Gasteiger charge is -2.08. The van der Waals surface area contributed by atoms with Gasteiger partial charge in [0.25, 0.3) is 0 Å². The number of para-hydroxylation sites is 1. The average molecular weight is 348 g/mol. The van der Waals surface area contributed by atoms with E-state index < -0.39 is 11.9 Å². The number of carbonyl (C=O) groups is 2. The molecule has 0 saturated heterocycles. The van der Waals surface area contributed by atoms with Crippen molar-refractivity contribution in [2.45, 2.75) is 18.9 Å². The van der Waals surface area contributed by atoms with Gasteiger partial charge in [-0.1, -0.05) is 53.7 Å². The van der Waals surface area contributed by atoms with Crippen molar-refractivity contribution in [1.82, 2.24) is 5.16 Å². The van der Waals surface area contributed by atoms with E-state index in [1.807, 2.05) is 54.6 Å². The minimum atomic E-state index is -0.518. The Bertz CT molecular complexity index is 949. The normalized spacial score (nSPS) is 15.4. The van der Waals surface area contributed by atoms with Crippen LogP contribution in [0.15, 0.2) is 65.2 Å². The van der Waals surface area contributed by atoms with Crippen LogP contribution in [0.4, 0.5) is 5.69 Å². The third-order valence-electron chi connectivity index (χ3n) is 4.28. The fourth-order valence-corrected chi connectivity index (χ4v) is 2.98. The first-order valence-corrected chi connectivity index (χ1v) is 8.27. The summed E-state index contributed by atoms with van der Waals surface area (Å²) in [5, 5.41) is 6.69. The minimum absolute atomic E-state index is 0.00511. The zero-order valence-electron chi connectivity index (χ0n) is 13.8. The predicted octanol–water partition coefficient (Wildman–Crippen LogP) is 3.51. The third-order valence-corrected chi connectivity index (χ3v) is 4.28. The lowest BCUT2D eigenvalue weighted by molar-refractivity contribution is -0.146. The number of benzene rings is 2. The van der Waals surface area contributed by atoms with E-state index in [0.29, 0.717) is 11.5 Å². The van der Waals surface area contributed by atoms with Crippen LogP contribution in [0, 0.1) is 0 Å². The van der Waals surface area contributed by atoms with Crippen LogP contribution in [-0.4, -0.2) is 17.0 Å². The van der Waals surface area contributed by atoms with Gasteiger partial charge in [-0.3, -0.25) is 9.59 Å². The molecule has 1 atom stereocenters. The first-order valence-electron chi connectivity index (χ1n) is 8.27. The van der Waals surface area contributed by atoms with Crippen molar-refractivity contribution >= 4 is 17.6 Å². The number of ether oxygens (including phenoxy) is 1. The molecule has 1 aliphatic heterocycles. The quantitative estimate of drug-likeness (QED) is 0.714. The van der Waals surface area contributed by atoms with Gasteiger partial charge >= 0.3 is 5.97 Å². The third kappa shape index (κ3) is 3.21. The number of esters is 1. The SMILES string of the molecule is O=C(C[C@@H]1C(=O)Nc2ccccc21)OCc1cc(-c2ccccc2)on1. The number of hydrogen-bond acceptors (Lipinski definition) is 5. The van der Waals surface area contributed by atoms with Gasteiger partial charge in [0.1, 0.15) is 12.3 Å². The van der Waals surface area contributed by atoms with E-state index in [0.717, 1.165) is 16.8 Å². The summed E-state index contributed by atoms with van der Waals surface area (Å²) in [5.41, 5.74) is 2.99. The number of amides is 1. The summed E-state index contributed by atoms with van der Waals surface area (Å²) in [5.74, 6) is -0.543. The van der Waals surface area contributed by atoms with Gasteiger partial charge in [0.05, 0.1) is 12.3 Å². The summed E-state index contributed by atoms with van der Waals surface area (Å²) in [4.78, 5) is 24.2. The molecular weight excluding hydrogens is 332 g/mol. The number of hydrogen-bond donors (Lipinski definition) is 1. The molecule has 1 N–H and O–H groups in total. The Morgan fingerprint density at radius 1 is 1.12 bits per heavy atom. The number of anilines is 1. The highest BCUT2D eigenvalue weighted by atomic mass is 16.5. The minimum Gasteiger partial charge on any atom is -0.459 e. The first kappa shape index (κ1) is 16.1. The van der Waals surface area contributed by atoms with Gasteiger partial charge in [0.2, 0.25) is 5.91 Å². The van der Waals surface area contributed by atoms with E-state index >= 15 is 0 Å². The Balaban J connectivity index is 1.36. The molecule has 0 unspecified atom stereocenters. The summed E-state index contributed by atoms with van der Waals surface area (Å²) in [6.45, 7) is 0.00511. The van der Waals surface area contributed by atoms with Crippen molar-refractivity contribution in [3.8, 4) is 11.3 Å². The van der Waals surface area contributed by atoms with Crippen molar-refractivity contribution in [3.63, 3.8) is 0 Å². The molecule has 1 amide bonds. The van der Waals surface area contributed by atoms with Crippen LogP contribution in [0.5, 0.6) is 0 Å². The van der Waals surface area contributed by atoms with Crippen molar-refractivity contribution in [2.75, 3.05) is 5.32 Å². The monoisotopic (exact) mass is 348 g/mol. The van der Waals surface area contributed by atoms with E-state index in [1.54, 1.807) is 6.07 Å². The average Bonchev–Trinajstić information content (AvgIpc) is 3.26. The molecule has 2 aromatic carbocycles. The van der Waals surface area contributed by atoms with Gasteiger partial charge < -0.3 is 14.6 Å². The zero-order chi connectivity index (χ0) is 17.9. The maximum atomic E-state index is 12.1. The molecule has 0 fully saturated rings. The number of fused-ring (bicyclic) bond motifs is 1. The van der Waals surface area contributed by atoms with E-state index in [9.17, 15) is 9.59 Å². The lowest BCUT2D eigenvalue weighted by atomic mass is 9.97. The van der Waals surface area contributed by atoms with Crippen molar-refractivity contribution < 1.29 is 18.8 Å². The van der Waals surface area contributed by atoms with Crippen LogP contribution in [0.2, 0.25) is 0 Å². The Hall–Kier alpha value is -3.41. The molecule has 0 radical (unpaired) electrons. The number of carbonyl (C=O) groups excluding carboxylic acids is 2. The van der Waals surface area contributed by atoms with E-state index in [2.05, 4.69) is 10.5 Å². The van der Waals surface area contributed by atoms with E-state index in [4.69, 9.17) is 9.26 Å². The van der Waals surface area contributed by atoms with Gasteiger partial charge in [0.15, 0.2) is 5.76 Å². The van der Waals surface area contributed by atoms with Gasteiger partial charge in [-0.05, 0) is 11.6 Å². The summed E-state index contributed by atoms with van der Waals surface area (Å²) in [7, 11) is 0. The van der Waals surface area contributed by atoms with Crippen LogP contribution < -0.4 is 5.32 Å². The molecule has 26 heavy (non-hydrogen) atoms. The fourth-order valence-electron chi connectivity index (χ4n) is 2.98. The summed E-state index contributed by atoms with van der Waals surface area (Å²) in [6, 6.07) is 18.6. The Morgan fingerprint density at radius 3 is 2.73 bits per heavy atom. The molecule has 130 valence electrons. The second-order valence-corrected chi connectivity index (χ2v) is 6.04. The Morgan fingerprint density at radius 2 is 1.88 bits per heavy atom. The molecule has 2 heterocycles. The maximum absolute atomic E-state index is 12.1. The number of rotatable bonds is 5. The fraction of sp³-hybridized carbons (Fsp3) is 0.150. The lowest BCUT2D eigenvalue weighted by Crippen LogP contribution is -2.17. The van der Waals surface area contributed by atoms with Crippen molar-refractivity contribution in [3.05, 3.63) is 71.9 Å². The highest BCUT2D eigenvalue weighted by molar-refractivity contribution is 6.04. The van der Waals surface area contributed by atoms with Crippen LogP contribution in [-0.2, 0) is 20.9 Å². The number of nitrogens with zero attached hydrogens (tertiary/aromatic N) is 1. The van der Waals surface area contributed by atoms with Crippen molar-refractivity contribution in [1.29, 1.82) is 0 Å². The van der Waals surface area contributed by atoms with Crippen molar-refractivity contribution in [2.24, 2.45) is 0 Å². The van der Waals surface area contributed by atoms with Crippen LogP contribution in [0.3, 0.4) is 0 Å². The summed E-state index contributed by atoms with van der Waals surface area (Å²) < 4.78 is 10.5. The van der Waals surface area contributed by atoms with Gasteiger partial charge in [-0.2, -0.15) is 0 Å². The largest absolute Gasteiger partial charge is 0.459 e. The van der Waals surface area contributed by atoms with Gasteiger partial charge in [0, 0.05) is 17.3 Å². The van der Waals surface area contributed by atoms with Gasteiger partial charge in [-0.25, -0.2) is 0 Å². The maximum Gasteiger partial charge on any atom is 0.307 e. The molecular formula is C20H16N2O4. The van der Waals surface area contributed by atoms with Crippen LogP contribution in [0.1, 0.15) is 23.6 Å². The molecule has 4 rings (SSSR count). The molecule has 3 aromatic rings. The molecule has 6 heteroatoms. The molecule has 0 bridgehead atoms. The zero-order valence-corrected chi connectivity index (χ0v) is 13.8. The molecule has 0 saturated carbocycles. The predicted molar refractivity (Wildman–Crippen MR) is 94.2 cm³/mol. The molecule has 1 aliphatic rings. The van der Waals surface area contributed by atoms with Crippen LogP contribution >= 0.6 is 0 Å². The number of nitrogens with one attached hydrogen (secondary N) is 1. The van der Waals surface area contributed by atoms with Crippen LogP contribution in [0.25, 0.3) is 11.3 Å². The molecule has 0 aliphatic carbocycles. The highest BCUT2D eigenvalue weighted by Gasteiger charge is 2.32. The first-order chi connectivity index (χ1) is 12.7. The second kappa shape index (κ2) is 6.84. The molecule has 1 aromatic heterocycles. The van der Waals surface area contributed by atoms with Gasteiger partial charge in [-0.15, -0.1) is 0 Å². The molecule has 6 nitrogen and oxygen atoms in total. The topological polar surface area (TPSA) is 81.4 Å². The van der Waals surface area contributed by atoms with E-state index in [1.165, 1.54) is 0 Å². The smallest absolute Gasteiger partial charge is 0.307 e. The Kier molecular flexibility index (Phi) is 4.23. The highest BCUT2D eigenvalue weighted by Crippen LogP contribution is 2.34. The Labute approximate surface area is 149 Å². The summed E-state index contributed by atoms with van der Waals surface area (Å²) in [6.07, 6.45) is -0.00770. The standard InChI is InChI=1S/C20H16N2O4/c23-19(11-16-15-8-4-5-9-17(15)21-20(16)24)25-12-14-10-18(26-22-14)13-6-2-1-3-7-13/h1-10,16H,11-12H2,(H,21,24)/t16-/m0/s1. The number of aromatic nitrogens is 1.